The molecule has 0 aromatic heterocycles. The zero-order valence-corrected chi connectivity index (χ0v) is 17.5. The number of aliphatic imine (C=N–C) groups is 1. The molecule has 0 atom stereocenters. The number of nitrogens with two attached hydrogens (primary N) is 1. The number of carbonyl (C=O) groups is 1. The molecule has 0 aliphatic rings. The van der Waals surface area contributed by atoms with Gasteiger partial charge in [-0.15, -0.1) is 24.0 Å². The van der Waals surface area contributed by atoms with Crippen LogP contribution in [-0.2, 0) is 11.2 Å². The lowest BCUT2D eigenvalue weighted by molar-refractivity contribution is 0.0304. The van der Waals surface area contributed by atoms with Crippen LogP contribution in [0.2, 0.25) is 0 Å². The maximum absolute atomic E-state index is 11.8. The van der Waals surface area contributed by atoms with Crippen LogP contribution in [0.4, 0.5) is 10.5 Å². The van der Waals surface area contributed by atoms with Crippen LogP contribution in [0, 0.1) is 0 Å². The van der Waals surface area contributed by atoms with Crippen molar-refractivity contribution in [3.63, 3.8) is 0 Å². The summed E-state index contributed by atoms with van der Waals surface area (Å²) in [5.41, 5.74) is 7.51. The second kappa shape index (κ2) is 10.4. The number of hydrogen-bond donors (Lipinski definition) is 2. The van der Waals surface area contributed by atoms with Crippen molar-refractivity contribution in [2.24, 2.45) is 10.7 Å². The zero-order chi connectivity index (χ0) is 17.5. The zero-order valence-electron chi connectivity index (χ0n) is 15.1. The Morgan fingerprint density at radius 1 is 1.29 bits per heavy atom. The maximum Gasteiger partial charge on any atom is 0.410 e. The number of guanidine groups is 1. The fourth-order valence-electron chi connectivity index (χ4n) is 1.76. The van der Waals surface area contributed by atoms with Crippen molar-refractivity contribution in [3.8, 4) is 0 Å². The summed E-state index contributed by atoms with van der Waals surface area (Å²) in [6.07, 6.45) is 0.635. The highest BCUT2D eigenvalue weighted by Crippen LogP contribution is 2.10. The van der Waals surface area contributed by atoms with Gasteiger partial charge in [0, 0.05) is 19.3 Å². The fourth-order valence-corrected chi connectivity index (χ4v) is 1.76. The Morgan fingerprint density at radius 3 is 2.38 bits per heavy atom. The Labute approximate surface area is 161 Å². The summed E-state index contributed by atoms with van der Waals surface area (Å²) in [6.45, 7) is 8.46. The van der Waals surface area contributed by atoms with E-state index < -0.39 is 5.60 Å². The van der Waals surface area contributed by atoms with E-state index in [0.717, 1.165) is 12.1 Å². The molecule has 0 saturated carbocycles. The van der Waals surface area contributed by atoms with Crippen molar-refractivity contribution >= 4 is 41.7 Å². The highest BCUT2D eigenvalue weighted by atomic mass is 127. The number of likely N-dealkylation sites (N-methyl/N-ethyl adjacent to an activating group) is 1. The van der Waals surface area contributed by atoms with Gasteiger partial charge in [0.25, 0.3) is 0 Å². The number of ether oxygens (including phenoxy) is 1. The number of benzene rings is 1. The van der Waals surface area contributed by atoms with Crippen molar-refractivity contribution < 1.29 is 9.53 Å². The molecule has 0 spiro atoms. The summed E-state index contributed by atoms with van der Waals surface area (Å²) >= 11 is 0. The van der Waals surface area contributed by atoms with Crippen LogP contribution < -0.4 is 11.1 Å². The lowest BCUT2D eigenvalue weighted by atomic mass is 10.1. The van der Waals surface area contributed by atoms with Crippen LogP contribution in [0.15, 0.2) is 29.3 Å². The van der Waals surface area contributed by atoms with Crippen molar-refractivity contribution in [2.45, 2.75) is 39.7 Å². The van der Waals surface area contributed by atoms with E-state index in [2.05, 4.69) is 17.2 Å². The quantitative estimate of drug-likeness (QED) is 0.411. The third kappa shape index (κ3) is 8.95. The third-order valence-electron chi connectivity index (χ3n) is 3.06. The molecular weight excluding hydrogens is 419 g/mol. The third-order valence-corrected chi connectivity index (χ3v) is 3.06. The van der Waals surface area contributed by atoms with E-state index in [0.29, 0.717) is 19.0 Å². The summed E-state index contributed by atoms with van der Waals surface area (Å²) in [5, 5.41) is 3.03. The molecule has 1 aromatic rings. The molecule has 0 saturated heterocycles. The van der Waals surface area contributed by atoms with Crippen molar-refractivity contribution in [1.29, 1.82) is 0 Å². The first-order valence-corrected chi connectivity index (χ1v) is 7.81. The molecule has 0 aliphatic heterocycles. The van der Waals surface area contributed by atoms with E-state index in [-0.39, 0.29) is 30.1 Å². The maximum atomic E-state index is 11.8. The number of nitrogens with zero attached hydrogens (tertiary/aromatic N) is 2. The smallest absolute Gasteiger partial charge is 0.410 e. The molecule has 0 radical (unpaired) electrons. The van der Waals surface area contributed by atoms with Gasteiger partial charge >= 0.3 is 6.09 Å². The van der Waals surface area contributed by atoms with E-state index in [1.807, 2.05) is 45.0 Å². The van der Waals surface area contributed by atoms with Crippen molar-refractivity contribution in [3.05, 3.63) is 29.8 Å². The van der Waals surface area contributed by atoms with E-state index in [1.54, 1.807) is 7.05 Å². The molecule has 24 heavy (non-hydrogen) atoms. The highest BCUT2D eigenvalue weighted by Gasteiger charge is 2.18. The second-order valence-electron chi connectivity index (χ2n) is 6.34. The molecule has 0 aliphatic carbocycles. The van der Waals surface area contributed by atoms with Gasteiger partial charge in [0.15, 0.2) is 5.96 Å². The van der Waals surface area contributed by atoms with Crippen LogP contribution in [0.1, 0.15) is 33.3 Å². The van der Waals surface area contributed by atoms with E-state index in [4.69, 9.17) is 10.5 Å². The van der Waals surface area contributed by atoms with Crippen LogP contribution in [0.5, 0.6) is 0 Å². The van der Waals surface area contributed by atoms with Gasteiger partial charge in [-0.25, -0.2) is 4.79 Å². The molecule has 1 amide bonds. The first kappa shape index (κ1) is 22.5. The number of hydrogen-bond acceptors (Lipinski definition) is 3. The summed E-state index contributed by atoms with van der Waals surface area (Å²) < 4.78 is 5.27. The Kier molecular flexibility index (Phi) is 9.72. The van der Waals surface area contributed by atoms with Gasteiger partial charge < -0.3 is 20.7 Å². The van der Waals surface area contributed by atoms with Crippen molar-refractivity contribution in [1.82, 2.24) is 4.90 Å². The Morgan fingerprint density at radius 2 is 1.88 bits per heavy atom. The van der Waals surface area contributed by atoms with Gasteiger partial charge in [-0.3, -0.25) is 4.99 Å². The molecule has 1 aromatic carbocycles. The van der Waals surface area contributed by atoms with Gasteiger partial charge in [-0.05, 0) is 44.9 Å². The van der Waals surface area contributed by atoms with Gasteiger partial charge in [0.1, 0.15) is 5.60 Å². The molecule has 6 nitrogen and oxygen atoms in total. The largest absolute Gasteiger partial charge is 0.444 e. The van der Waals surface area contributed by atoms with Gasteiger partial charge in [-0.2, -0.15) is 0 Å². The minimum Gasteiger partial charge on any atom is -0.444 e. The van der Waals surface area contributed by atoms with Crippen LogP contribution in [0.3, 0.4) is 0 Å². The number of aryl methyl sites for hydroxylation is 1. The number of nitrogens with one attached hydrogen (secondary N) is 1. The minimum absolute atomic E-state index is 0. The number of carbonyl (C=O) groups excluding carboxylic acids is 1. The highest BCUT2D eigenvalue weighted by molar-refractivity contribution is 14.0. The molecule has 0 unspecified atom stereocenters. The summed E-state index contributed by atoms with van der Waals surface area (Å²) in [7, 11) is 1.68. The number of halogens is 1. The Hall–Kier alpha value is -1.51. The molecular formula is C17H29IN4O2. The van der Waals surface area contributed by atoms with E-state index in [1.165, 1.54) is 10.5 Å². The molecule has 0 fully saturated rings. The normalized spacial score (nSPS) is 11.5. The Balaban J connectivity index is 0.00000529. The van der Waals surface area contributed by atoms with E-state index in [9.17, 15) is 4.79 Å². The monoisotopic (exact) mass is 448 g/mol. The predicted molar refractivity (Wildman–Crippen MR) is 110 cm³/mol. The number of rotatable bonds is 5. The van der Waals surface area contributed by atoms with Gasteiger partial charge in [-0.1, -0.05) is 19.1 Å². The second-order valence-corrected chi connectivity index (χ2v) is 6.34. The molecule has 136 valence electrons. The SMILES string of the molecule is CCc1ccc(NC(N)=NCCN(C)C(=O)OC(C)(C)C)cc1.I. The summed E-state index contributed by atoms with van der Waals surface area (Å²) in [4.78, 5) is 17.5. The van der Waals surface area contributed by atoms with E-state index >= 15 is 0 Å². The summed E-state index contributed by atoms with van der Waals surface area (Å²) in [5.74, 6) is 0.326. The average molecular weight is 448 g/mol. The minimum atomic E-state index is -0.500. The Bertz CT molecular complexity index is 539. The number of anilines is 1. The lowest BCUT2D eigenvalue weighted by Crippen LogP contribution is -2.36. The average Bonchev–Trinajstić information content (AvgIpc) is 2.46. The van der Waals surface area contributed by atoms with Gasteiger partial charge in [0.05, 0.1) is 6.54 Å². The standard InChI is InChI=1S/C17H28N4O2.HI/c1-6-13-7-9-14(10-8-13)20-15(18)19-11-12-21(5)16(22)23-17(2,3)4;/h7-10H,6,11-12H2,1-5H3,(H3,18,19,20);1H. The first-order chi connectivity index (χ1) is 10.7. The molecule has 0 bridgehead atoms. The topological polar surface area (TPSA) is 80.0 Å². The van der Waals surface area contributed by atoms with Gasteiger partial charge in [0.2, 0.25) is 0 Å². The molecule has 0 heterocycles. The first-order valence-electron chi connectivity index (χ1n) is 7.81. The van der Waals surface area contributed by atoms with Crippen LogP contribution >= 0.6 is 24.0 Å². The molecule has 7 heteroatoms. The number of amides is 1. The predicted octanol–water partition coefficient (Wildman–Crippen LogP) is 3.46. The molecule has 1 rings (SSSR count). The van der Waals surface area contributed by atoms with Crippen LogP contribution in [0.25, 0.3) is 0 Å². The molecule has 3 N–H and O–H groups in total. The van der Waals surface area contributed by atoms with Crippen molar-refractivity contribution in [2.75, 3.05) is 25.5 Å². The lowest BCUT2D eigenvalue weighted by Gasteiger charge is -2.24. The summed E-state index contributed by atoms with van der Waals surface area (Å²) in [6, 6.07) is 8.03. The fraction of sp³-hybridized carbons (Fsp3) is 0.529. The van der Waals surface area contributed by atoms with Crippen LogP contribution in [-0.4, -0.2) is 42.7 Å².